The van der Waals surface area contributed by atoms with Crippen molar-refractivity contribution in [2.24, 2.45) is 17.8 Å². The normalized spacial score (nSPS) is 34.0. The number of benzene rings is 2. The van der Waals surface area contributed by atoms with E-state index < -0.39 is 26.8 Å². The standard InChI is InChI=1S/C35H45ClN2O5S/c1-4-15-35(40)17-5-7-23(2)24(3)44(41,42)37-33(39)26-10-14-32-31(19-26)38(20-27-9-12-30(27)35)21-34(22-43-32)16-6-8-25-18-28(36)11-13-29(25)34/h5,10-11,13-14,17-19,23-24,27,30,40H,4,6-9,12,15-16,20-22H2,1-3H3,(H,37,39)/b17-5-/t23-,24+,27-,30+,34-,35+/m0/s1. The number of aryl methyl sites for hydroxylation is 1. The van der Waals surface area contributed by atoms with Crippen molar-refractivity contribution in [2.45, 2.75) is 88.4 Å². The number of ether oxygens (including phenoxy) is 1. The Labute approximate surface area is 267 Å². The Morgan fingerprint density at radius 2 is 1.98 bits per heavy atom. The molecule has 0 saturated heterocycles. The van der Waals surface area contributed by atoms with E-state index in [9.17, 15) is 18.3 Å². The second-order valence-corrected chi connectivity index (χ2v) is 16.2. The number of hydrogen-bond acceptors (Lipinski definition) is 6. The van der Waals surface area contributed by atoms with Crippen LogP contribution in [0.3, 0.4) is 0 Å². The molecule has 0 unspecified atom stereocenters. The summed E-state index contributed by atoms with van der Waals surface area (Å²) in [5.74, 6) is 0.160. The Balaban J connectivity index is 1.45. The highest BCUT2D eigenvalue weighted by Crippen LogP contribution is 2.49. The van der Waals surface area contributed by atoms with Crippen LogP contribution >= 0.6 is 11.6 Å². The summed E-state index contributed by atoms with van der Waals surface area (Å²) in [6.07, 6.45) is 10.8. The first-order chi connectivity index (χ1) is 20.9. The third-order valence-corrected chi connectivity index (χ3v) is 13.1. The molecule has 4 aliphatic rings. The minimum Gasteiger partial charge on any atom is -0.490 e. The van der Waals surface area contributed by atoms with E-state index in [1.807, 2.05) is 25.1 Å². The summed E-state index contributed by atoms with van der Waals surface area (Å²) in [6.45, 7) is 7.51. The average molecular weight is 641 g/mol. The number of carbonyl (C=O) groups is 1. The van der Waals surface area contributed by atoms with Gasteiger partial charge in [-0.05, 0) is 111 Å². The average Bonchev–Trinajstić information content (AvgIpc) is 3.11. The number of sulfonamides is 1. The van der Waals surface area contributed by atoms with Crippen molar-refractivity contribution in [1.29, 1.82) is 0 Å². The maximum Gasteiger partial charge on any atom is 0.264 e. The van der Waals surface area contributed by atoms with Gasteiger partial charge in [0.15, 0.2) is 0 Å². The van der Waals surface area contributed by atoms with E-state index in [1.54, 1.807) is 25.1 Å². The van der Waals surface area contributed by atoms with Gasteiger partial charge >= 0.3 is 0 Å². The van der Waals surface area contributed by atoms with Gasteiger partial charge in [-0.3, -0.25) is 4.79 Å². The van der Waals surface area contributed by atoms with Crippen LogP contribution in [0, 0.1) is 17.8 Å². The lowest BCUT2D eigenvalue weighted by molar-refractivity contribution is -0.0510. The molecule has 1 spiro atoms. The summed E-state index contributed by atoms with van der Waals surface area (Å²) in [5.41, 5.74) is 2.37. The Hall–Kier alpha value is -2.55. The van der Waals surface area contributed by atoms with Crippen LogP contribution in [0.4, 0.5) is 5.69 Å². The third kappa shape index (κ3) is 5.78. The van der Waals surface area contributed by atoms with E-state index in [4.69, 9.17) is 16.3 Å². The summed E-state index contributed by atoms with van der Waals surface area (Å²) >= 11 is 6.42. The monoisotopic (exact) mass is 640 g/mol. The topological polar surface area (TPSA) is 95.9 Å². The molecule has 44 heavy (non-hydrogen) atoms. The molecule has 9 heteroatoms. The molecule has 0 radical (unpaired) electrons. The molecule has 1 fully saturated rings. The minimum absolute atomic E-state index is 0.0931. The highest BCUT2D eigenvalue weighted by Gasteiger charge is 2.47. The van der Waals surface area contributed by atoms with Gasteiger partial charge in [0.25, 0.3) is 5.91 Å². The molecular formula is C35H45ClN2O5S. The van der Waals surface area contributed by atoms with E-state index in [2.05, 4.69) is 28.7 Å². The van der Waals surface area contributed by atoms with E-state index in [0.717, 1.165) is 49.2 Å². The highest BCUT2D eigenvalue weighted by atomic mass is 35.5. The molecule has 2 aromatic carbocycles. The molecule has 2 aliphatic carbocycles. The molecule has 1 amide bonds. The van der Waals surface area contributed by atoms with Gasteiger partial charge in [0.1, 0.15) is 5.75 Å². The zero-order valence-electron chi connectivity index (χ0n) is 26.0. The lowest BCUT2D eigenvalue weighted by Crippen LogP contribution is -2.52. The Kier molecular flexibility index (Phi) is 8.57. The van der Waals surface area contributed by atoms with Gasteiger partial charge < -0.3 is 14.7 Å². The van der Waals surface area contributed by atoms with Crippen molar-refractivity contribution in [3.63, 3.8) is 0 Å². The Morgan fingerprint density at radius 3 is 2.73 bits per heavy atom. The first-order valence-electron chi connectivity index (χ1n) is 16.2. The van der Waals surface area contributed by atoms with E-state index in [0.29, 0.717) is 38.3 Å². The van der Waals surface area contributed by atoms with Crippen molar-refractivity contribution in [2.75, 3.05) is 24.6 Å². The van der Waals surface area contributed by atoms with Crippen LogP contribution in [-0.2, 0) is 21.9 Å². The number of aliphatic hydroxyl groups is 1. The number of carbonyl (C=O) groups excluding carboxylic acids is 1. The third-order valence-electron chi connectivity index (χ3n) is 10.9. The molecule has 6 rings (SSSR count). The molecule has 2 N–H and O–H groups in total. The molecule has 2 heterocycles. The molecule has 7 nitrogen and oxygen atoms in total. The summed E-state index contributed by atoms with van der Waals surface area (Å²) in [6, 6.07) is 11.4. The first-order valence-corrected chi connectivity index (χ1v) is 18.1. The van der Waals surface area contributed by atoms with Crippen LogP contribution in [0.1, 0.15) is 87.2 Å². The minimum atomic E-state index is -3.94. The number of amides is 1. The molecule has 2 aromatic rings. The number of nitrogens with zero attached hydrogens (tertiary/aromatic N) is 1. The number of rotatable bonds is 2. The largest absolute Gasteiger partial charge is 0.490 e. The predicted octanol–water partition coefficient (Wildman–Crippen LogP) is 6.41. The van der Waals surface area contributed by atoms with Crippen molar-refractivity contribution >= 4 is 33.2 Å². The van der Waals surface area contributed by atoms with Gasteiger partial charge in [0.05, 0.1) is 23.1 Å². The summed E-state index contributed by atoms with van der Waals surface area (Å²) in [7, 11) is -3.94. The van der Waals surface area contributed by atoms with Crippen LogP contribution in [-0.4, -0.2) is 50.0 Å². The van der Waals surface area contributed by atoms with E-state index in [1.165, 1.54) is 11.1 Å². The van der Waals surface area contributed by atoms with Crippen LogP contribution in [0.15, 0.2) is 48.6 Å². The fourth-order valence-corrected chi connectivity index (χ4v) is 9.52. The maximum absolute atomic E-state index is 13.4. The molecule has 238 valence electrons. The van der Waals surface area contributed by atoms with Crippen LogP contribution in [0.2, 0.25) is 5.02 Å². The SMILES string of the molecule is CCC[C@@]1(O)/C=C\C[C@H](C)[C@@H](C)S(=O)(=O)NC(=O)c2ccc3c(c2)N(C[C@@H]2CC[C@H]21)C[C@@]1(CCCc2cc(Cl)ccc21)CO3. The lowest BCUT2D eigenvalue weighted by Gasteiger charge is -2.49. The number of halogens is 1. The fourth-order valence-electron chi connectivity index (χ4n) is 8.04. The molecule has 1 saturated carbocycles. The first kappa shape index (κ1) is 31.4. The van der Waals surface area contributed by atoms with Gasteiger partial charge in [-0.25, -0.2) is 13.1 Å². The van der Waals surface area contributed by atoms with Crippen LogP contribution < -0.4 is 14.4 Å². The molecule has 0 aromatic heterocycles. The number of fused-ring (bicyclic) bond motifs is 4. The second kappa shape index (κ2) is 12.0. The predicted molar refractivity (Wildman–Crippen MR) is 175 cm³/mol. The van der Waals surface area contributed by atoms with E-state index >= 15 is 0 Å². The van der Waals surface area contributed by atoms with E-state index in [-0.39, 0.29) is 28.7 Å². The number of hydrogen-bond donors (Lipinski definition) is 2. The Morgan fingerprint density at radius 1 is 1.16 bits per heavy atom. The number of allylic oxidation sites excluding steroid dienone is 1. The summed E-state index contributed by atoms with van der Waals surface area (Å²) < 4.78 is 35.5. The lowest BCUT2D eigenvalue weighted by atomic mass is 9.63. The van der Waals surface area contributed by atoms with Gasteiger partial charge in [-0.15, -0.1) is 0 Å². The summed E-state index contributed by atoms with van der Waals surface area (Å²) in [4.78, 5) is 15.8. The van der Waals surface area contributed by atoms with Gasteiger partial charge in [-0.2, -0.15) is 0 Å². The highest BCUT2D eigenvalue weighted by molar-refractivity contribution is 7.90. The van der Waals surface area contributed by atoms with Crippen molar-refractivity contribution in [1.82, 2.24) is 4.72 Å². The van der Waals surface area contributed by atoms with Gasteiger partial charge in [0, 0.05) is 29.1 Å². The maximum atomic E-state index is 13.4. The zero-order chi connectivity index (χ0) is 31.3. The quantitative estimate of drug-likeness (QED) is 0.368. The van der Waals surface area contributed by atoms with Crippen LogP contribution in [0.25, 0.3) is 0 Å². The zero-order valence-corrected chi connectivity index (χ0v) is 27.6. The van der Waals surface area contributed by atoms with Crippen LogP contribution in [0.5, 0.6) is 5.75 Å². The van der Waals surface area contributed by atoms with Gasteiger partial charge in [-0.1, -0.05) is 50.1 Å². The number of nitrogens with one attached hydrogen (secondary N) is 1. The fraction of sp³-hybridized carbons (Fsp3) is 0.571. The molecule has 6 atom stereocenters. The molecule has 2 aliphatic heterocycles. The molecule has 2 bridgehead atoms. The smallest absolute Gasteiger partial charge is 0.264 e. The summed E-state index contributed by atoms with van der Waals surface area (Å²) in [5, 5.41) is 12.0. The van der Waals surface area contributed by atoms with Crippen molar-refractivity contribution < 1.29 is 23.1 Å². The molecular weight excluding hydrogens is 596 g/mol. The Bertz CT molecular complexity index is 1560. The second-order valence-electron chi connectivity index (χ2n) is 13.8. The van der Waals surface area contributed by atoms with Crippen molar-refractivity contribution in [3.8, 4) is 5.75 Å². The van der Waals surface area contributed by atoms with Gasteiger partial charge in [0.2, 0.25) is 10.0 Å². The number of anilines is 1. The van der Waals surface area contributed by atoms with Crippen molar-refractivity contribution in [3.05, 3.63) is 70.3 Å².